The van der Waals surface area contributed by atoms with Gasteiger partial charge in [0.25, 0.3) is 0 Å². The third-order valence-electron chi connectivity index (χ3n) is 9.66. The van der Waals surface area contributed by atoms with Gasteiger partial charge < -0.3 is 39.9 Å². The molecule has 4 atom stereocenters. The summed E-state index contributed by atoms with van der Waals surface area (Å²) < 4.78 is 9.51. The summed E-state index contributed by atoms with van der Waals surface area (Å²) in [7, 11) is 2.58. The molecule has 278 valence electrons. The number of aromatic amines is 2. The number of nitrogens with one attached hydrogen (secondary N) is 4. The van der Waals surface area contributed by atoms with E-state index in [-0.39, 0.29) is 35.7 Å². The highest BCUT2D eigenvalue weighted by Crippen LogP contribution is 2.41. The van der Waals surface area contributed by atoms with Gasteiger partial charge in [-0.1, -0.05) is 27.7 Å². The van der Waals surface area contributed by atoms with Crippen LogP contribution in [0.3, 0.4) is 0 Å². The minimum atomic E-state index is -0.688. The lowest BCUT2D eigenvalue weighted by molar-refractivity contribution is -0.136. The number of rotatable bonds is 11. The lowest BCUT2D eigenvalue weighted by Gasteiger charge is -2.30. The summed E-state index contributed by atoms with van der Waals surface area (Å²) in [5, 5.41) is 5.39. The van der Waals surface area contributed by atoms with Gasteiger partial charge in [-0.3, -0.25) is 9.59 Å². The minimum absolute atomic E-state index is 0.105. The maximum atomic E-state index is 13.5. The van der Waals surface area contributed by atoms with Gasteiger partial charge in [0, 0.05) is 22.8 Å². The van der Waals surface area contributed by atoms with E-state index in [2.05, 4.69) is 54.8 Å². The third kappa shape index (κ3) is 7.72. The van der Waals surface area contributed by atoms with Gasteiger partial charge in [0.15, 0.2) is 0 Å². The Morgan fingerprint density at radius 1 is 0.692 bits per heavy atom. The zero-order chi connectivity index (χ0) is 37.1. The van der Waals surface area contributed by atoms with E-state index in [1.807, 2.05) is 49.9 Å². The molecule has 2 aliphatic heterocycles. The molecule has 16 heteroatoms. The van der Waals surface area contributed by atoms with Crippen molar-refractivity contribution < 1.29 is 28.7 Å². The van der Waals surface area contributed by atoms with Crippen LogP contribution in [0.1, 0.15) is 77.1 Å². The van der Waals surface area contributed by atoms with Crippen molar-refractivity contribution in [3.8, 4) is 30.9 Å². The molecule has 52 heavy (non-hydrogen) atoms. The number of amides is 4. The summed E-state index contributed by atoms with van der Waals surface area (Å²) in [5.41, 5.74) is 1.76. The molecule has 0 saturated carbocycles. The molecule has 6 rings (SSSR count). The number of aromatic nitrogens is 4. The number of ether oxygens (including phenoxy) is 2. The molecule has 2 fully saturated rings. The van der Waals surface area contributed by atoms with Crippen molar-refractivity contribution >= 4 is 46.7 Å². The Hall–Kier alpha value is -4.70. The number of H-pyrrole nitrogens is 2. The Labute approximate surface area is 310 Å². The van der Waals surface area contributed by atoms with E-state index in [0.717, 1.165) is 68.2 Å². The van der Waals surface area contributed by atoms with Gasteiger partial charge in [-0.25, -0.2) is 19.6 Å². The van der Waals surface area contributed by atoms with Crippen LogP contribution in [0, 0.1) is 11.8 Å². The van der Waals surface area contributed by atoms with Crippen LogP contribution in [0.5, 0.6) is 0 Å². The molecule has 0 radical (unpaired) electrons. The van der Waals surface area contributed by atoms with Gasteiger partial charge in [-0.05, 0) is 61.8 Å². The Kier molecular flexibility index (Phi) is 11.3. The zero-order valence-electron chi connectivity index (χ0n) is 30.2. The molecule has 1 unspecified atom stereocenters. The van der Waals surface area contributed by atoms with Crippen LogP contribution in [0.4, 0.5) is 9.59 Å². The lowest BCUT2D eigenvalue weighted by atomic mass is 10.0. The van der Waals surface area contributed by atoms with Gasteiger partial charge >= 0.3 is 12.2 Å². The largest absolute Gasteiger partial charge is 0.453 e. The van der Waals surface area contributed by atoms with Crippen LogP contribution in [-0.2, 0) is 19.1 Å². The highest BCUT2D eigenvalue weighted by Gasteiger charge is 2.39. The molecule has 0 aromatic carbocycles. The predicted molar refractivity (Wildman–Crippen MR) is 199 cm³/mol. The van der Waals surface area contributed by atoms with E-state index in [1.165, 1.54) is 14.2 Å². The molecule has 14 nitrogen and oxygen atoms in total. The number of methoxy groups -OCH3 is 2. The van der Waals surface area contributed by atoms with Gasteiger partial charge in [0.1, 0.15) is 23.7 Å². The molecule has 4 N–H and O–H groups in total. The molecule has 0 spiro atoms. The van der Waals surface area contributed by atoms with E-state index in [1.54, 1.807) is 22.7 Å². The average molecular weight is 751 g/mol. The first-order valence-electron chi connectivity index (χ1n) is 17.6. The second kappa shape index (κ2) is 15.9. The predicted octanol–water partition coefficient (Wildman–Crippen LogP) is 6.35. The second-order valence-electron chi connectivity index (χ2n) is 13.8. The minimum Gasteiger partial charge on any atom is -0.453 e. The number of nitrogens with zero attached hydrogens (tertiary/aromatic N) is 4. The van der Waals surface area contributed by atoms with Crippen LogP contribution < -0.4 is 10.6 Å². The van der Waals surface area contributed by atoms with Gasteiger partial charge in [-0.2, -0.15) is 0 Å². The monoisotopic (exact) mass is 750 g/mol. The third-order valence-corrected chi connectivity index (χ3v) is 12.1. The molecular formula is C36H46N8O6S2. The van der Waals surface area contributed by atoms with E-state index in [9.17, 15) is 19.2 Å². The van der Waals surface area contributed by atoms with Crippen LogP contribution >= 0.6 is 22.7 Å². The summed E-state index contributed by atoms with van der Waals surface area (Å²) in [4.78, 5) is 75.2. The van der Waals surface area contributed by atoms with Crippen LogP contribution in [-0.4, -0.2) is 93.1 Å². The molecule has 4 aromatic heterocycles. The first kappa shape index (κ1) is 37.1. The number of hydrogen-bond acceptors (Lipinski definition) is 10. The molecule has 2 aliphatic rings. The smallest absolute Gasteiger partial charge is 0.407 e. The number of carbonyl (C=O) groups is 4. The summed E-state index contributed by atoms with van der Waals surface area (Å²) >= 11 is 3.31. The highest BCUT2D eigenvalue weighted by atomic mass is 32.1. The van der Waals surface area contributed by atoms with Crippen molar-refractivity contribution in [3.05, 3.63) is 48.3 Å². The molecule has 6 heterocycles. The fraction of sp³-hybridized carbons (Fsp3) is 0.500. The van der Waals surface area contributed by atoms with Crippen LogP contribution in [0.15, 0.2) is 36.7 Å². The van der Waals surface area contributed by atoms with Crippen molar-refractivity contribution in [2.75, 3.05) is 27.3 Å². The molecule has 0 bridgehead atoms. The quantitative estimate of drug-likeness (QED) is 0.137. The number of imidazole rings is 2. The molecule has 0 aliphatic carbocycles. The maximum Gasteiger partial charge on any atom is 0.407 e. The Bertz CT molecular complexity index is 1760. The lowest BCUT2D eigenvalue weighted by Crippen LogP contribution is -2.51. The summed E-state index contributed by atoms with van der Waals surface area (Å²) in [5.74, 6) is 0.968. The van der Waals surface area contributed by atoms with Gasteiger partial charge in [0.2, 0.25) is 11.8 Å². The van der Waals surface area contributed by atoms with Crippen LogP contribution in [0.2, 0.25) is 0 Å². The SMILES string of the molecule is COC(=O)N[C@@H](C(=O)N1CCCC1c1ncc(-c2ccc(-c3ccc(-c4cnc([C@@H]5CCCN5C(=O)[C@H](NC(=O)OC)C(C)C)[nH]4)s3)s2)[nH]1)C(C)C. The van der Waals surface area contributed by atoms with Gasteiger partial charge in [0.05, 0.1) is 59.8 Å². The Morgan fingerprint density at radius 3 is 1.44 bits per heavy atom. The van der Waals surface area contributed by atoms with Crippen molar-refractivity contribution in [3.63, 3.8) is 0 Å². The van der Waals surface area contributed by atoms with Gasteiger partial charge in [-0.15, -0.1) is 22.7 Å². The Morgan fingerprint density at radius 2 is 1.08 bits per heavy atom. The summed E-state index contributed by atoms with van der Waals surface area (Å²) in [6, 6.07) is 6.55. The molecule has 4 amide bonds. The number of alkyl carbamates (subject to hydrolysis) is 2. The first-order valence-corrected chi connectivity index (χ1v) is 19.2. The standard InChI is InChI=1S/C36H46N8O6S2/c1-19(2)29(41-35(47)49-5)33(45)43-15-7-9-23(43)31-37-17-21(39-31)25-11-13-27(51-25)28-14-12-26(52-28)22-18-38-32(40-22)24-10-8-16-44(24)34(46)30(20(3)4)42-36(48)50-6/h11-14,17-20,23-24,29-30H,7-10,15-16H2,1-6H3,(H,37,39)(H,38,40)(H,41,47)(H,42,48)/t23-,24?,29+,30+/m0/s1. The van der Waals surface area contributed by atoms with Crippen molar-refractivity contribution in [2.24, 2.45) is 11.8 Å². The highest BCUT2D eigenvalue weighted by molar-refractivity contribution is 7.25. The fourth-order valence-electron chi connectivity index (χ4n) is 6.88. The maximum absolute atomic E-state index is 13.5. The van der Waals surface area contributed by atoms with Crippen molar-refractivity contribution in [1.29, 1.82) is 0 Å². The topological polar surface area (TPSA) is 175 Å². The number of carbonyl (C=O) groups excluding carboxylic acids is 4. The van der Waals surface area contributed by atoms with E-state index < -0.39 is 24.3 Å². The normalized spacial score (nSPS) is 18.5. The molecular weight excluding hydrogens is 705 g/mol. The van der Waals surface area contributed by atoms with E-state index in [4.69, 9.17) is 9.47 Å². The van der Waals surface area contributed by atoms with Crippen molar-refractivity contribution in [2.45, 2.75) is 77.5 Å². The number of thiophene rings is 2. The first-order chi connectivity index (χ1) is 25.0. The Balaban J connectivity index is 1.13. The summed E-state index contributed by atoms with van der Waals surface area (Å²) in [6.45, 7) is 8.79. The van der Waals surface area contributed by atoms with E-state index >= 15 is 0 Å². The van der Waals surface area contributed by atoms with Crippen LogP contribution in [0.25, 0.3) is 30.9 Å². The summed E-state index contributed by atoms with van der Waals surface area (Å²) in [6.07, 6.45) is 5.64. The molecule has 4 aromatic rings. The average Bonchev–Trinajstić information content (AvgIpc) is 3.98. The second-order valence-corrected chi connectivity index (χ2v) is 16.0. The number of likely N-dealkylation sites (tertiary alicyclic amines) is 2. The van der Waals surface area contributed by atoms with E-state index in [0.29, 0.717) is 13.1 Å². The number of hydrogen-bond donors (Lipinski definition) is 4. The van der Waals surface area contributed by atoms with Crippen molar-refractivity contribution in [1.82, 2.24) is 40.4 Å². The molecule has 2 saturated heterocycles. The fourth-order valence-corrected chi connectivity index (χ4v) is 8.91. The zero-order valence-corrected chi connectivity index (χ0v) is 31.9.